The zero-order chi connectivity index (χ0) is 14.5. The van der Waals surface area contributed by atoms with Gasteiger partial charge in [-0.15, -0.1) is 0 Å². The topological polar surface area (TPSA) is 45.0 Å². The summed E-state index contributed by atoms with van der Waals surface area (Å²) in [5, 5.41) is 13.1. The van der Waals surface area contributed by atoms with E-state index in [4.69, 9.17) is 16.3 Å². The molecule has 0 spiro atoms. The molecule has 0 saturated carbocycles. The minimum atomic E-state index is -0.459. The van der Waals surface area contributed by atoms with Crippen LogP contribution in [0.4, 0.5) is 5.69 Å². The smallest absolute Gasteiger partial charge is 0.140 e. The lowest BCUT2D eigenvalue weighted by atomic mass is 10.0. The third-order valence-electron chi connectivity index (χ3n) is 3.06. The van der Waals surface area contributed by atoms with E-state index in [0.717, 1.165) is 22.6 Å². The molecule has 0 aliphatic heterocycles. The van der Waals surface area contributed by atoms with Crippen molar-refractivity contribution in [1.29, 1.82) is 5.26 Å². The number of aryl methyl sites for hydroxylation is 1. The van der Waals surface area contributed by atoms with Gasteiger partial charge in [-0.1, -0.05) is 29.8 Å². The van der Waals surface area contributed by atoms with E-state index in [0.29, 0.717) is 5.02 Å². The number of methoxy groups -OCH3 is 1. The largest absolute Gasteiger partial charge is 0.496 e. The number of ether oxygens (including phenoxy) is 1. The number of nitrogens with zero attached hydrogens (tertiary/aromatic N) is 1. The fourth-order valence-corrected chi connectivity index (χ4v) is 2.20. The summed E-state index contributed by atoms with van der Waals surface area (Å²) in [6.07, 6.45) is 0. The summed E-state index contributed by atoms with van der Waals surface area (Å²) < 4.78 is 5.23. The minimum Gasteiger partial charge on any atom is -0.496 e. The van der Waals surface area contributed by atoms with Gasteiger partial charge in [0.05, 0.1) is 23.9 Å². The zero-order valence-electron chi connectivity index (χ0n) is 11.4. The Labute approximate surface area is 123 Å². The monoisotopic (exact) mass is 286 g/mol. The van der Waals surface area contributed by atoms with Gasteiger partial charge in [-0.3, -0.25) is 0 Å². The molecule has 0 radical (unpaired) electrons. The van der Waals surface area contributed by atoms with Crippen LogP contribution in [0, 0.1) is 18.3 Å². The highest BCUT2D eigenvalue weighted by molar-refractivity contribution is 6.33. The van der Waals surface area contributed by atoms with E-state index in [1.54, 1.807) is 13.2 Å². The summed E-state index contributed by atoms with van der Waals surface area (Å²) in [6, 6.07) is 14.8. The van der Waals surface area contributed by atoms with Gasteiger partial charge >= 0.3 is 0 Å². The molecule has 1 atom stereocenters. The molecule has 0 aromatic heterocycles. The van der Waals surface area contributed by atoms with Crippen molar-refractivity contribution in [2.24, 2.45) is 0 Å². The molecule has 0 bridgehead atoms. The summed E-state index contributed by atoms with van der Waals surface area (Å²) in [6.45, 7) is 1.95. The molecule has 0 saturated heterocycles. The maximum atomic E-state index is 9.36. The van der Waals surface area contributed by atoms with Gasteiger partial charge in [0.2, 0.25) is 0 Å². The van der Waals surface area contributed by atoms with Crippen LogP contribution in [-0.2, 0) is 0 Å². The molecule has 0 aliphatic carbocycles. The van der Waals surface area contributed by atoms with Gasteiger partial charge in [0.25, 0.3) is 0 Å². The first-order valence-electron chi connectivity index (χ1n) is 6.21. The van der Waals surface area contributed by atoms with Crippen molar-refractivity contribution in [2.75, 3.05) is 12.4 Å². The van der Waals surface area contributed by atoms with Crippen molar-refractivity contribution in [2.45, 2.75) is 13.0 Å². The highest BCUT2D eigenvalue weighted by Gasteiger charge is 2.13. The van der Waals surface area contributed by atoms with E-state index >= 15 is 0 Å². The molecule has 0 heterocycles. The van der Waals surface area contributed by atoms with Crippen LogP contribution in [-0.4, -0.2) is 7.11 Å². The van der Waals surface area contributed by atoms with Gasteiger partial charge in [-0.25, -0.2) is 0 Å². The van der Waals surface area contributed by atoms with Crippen LogP contribution < -0.4 is 10.1 Å². The van der Waals surface area contributed by atoms with E-state index in [-0.39, 0.29) is 0 Å². The highest BCUT2D eigenvalue weighted by atomic mass is 35.5. The number of hydrogen-bond acceptors (Lipinski definition) is 3. The molecular weight excluding hydrogens is 272 g/mol. The average molecular weight is 287 g/mol. The molecule has 3 nitrogen and oxygen atoms in total. The van der Waals surface area contributed by atoms with Crippen molar-refractivity contribution in [3.63, 3.8) is 0 Å². The van der Waals surface area contributed by atoms with Crippen LogP contribution in [0.15, 0.2) is 42.5 Å². The second-order valence-electron chi connectivity index (χ2n) is 4.42. The SMILES string of the molecule is COc1ccc(C(C#N)Nc2ccccc2Cl)cc1C. The predicted octanol–water partition coefficient (Wildman–Crippen LogP) is 4.33. The van der Waals surface area contributed by atoms with Crippen LogP contribution in [0.2, 0.25) is 5.02 Å². The van der Waals surface area contributed by atoms with E-state index in [1.165, 1.54) is 0 Å². The predicted molar refractivity (Wildman–Crippen MR) is 81.2 cm³/mol. The van der Waals surface area contributed by atoms with Crippen LogP contribution in [0.25, 0.3) is 0 Å². The Morgan fingerprint density at radius 3 is 2.60 bits per heavy atom. The summed E-state index contributed by atoms with van der Waals surface area (Å²) in [5.74, 6) is 0.809. The summed E-state index contributed by atoms with van der Waals surface area (Å²) in [4.78, 5) is 0. The first kappa shape index (κ1) is 14.2. The van der Waals surface area contributed by atoms with Gasteiger partial charge < -0.3 is 10.1 Å². The van der Waals surface area contributed by atoms with Gasteiger partial charge in [-0.05, 0) is 42.3 Å². The Morgan fingerprint density at radius 2 is 2.00 bits per heavy atom. The van der Waals surface area contributed by atoms with Gasteiger partial charge in [0.15, 0.2) is 0 Å². The standard InChI is InChI=1S/C16H15ClN2O/c1-11-9-12(7-8-16(11)20-2)15(10-18)19-14-6-4-3-5-13(14)17/h3-9,15,19H,1-2H3. The number of halogens is 1. The average Bonchev–Trinajstić information content (AvgIpc) is 2.46. The number of nitriles is 1. The van der Waals surface area contributed by atoms with Crippen molar-refractivity contribution in [3.05, 3.63) is 58.6 Å². The molecule has 0 amide bonds. The maximum Gasteiger partial charge on any atom is 0.140 e. The van der Waals surface area contributed by atoms with Crippen LogP contribution in [0.5, 0.6) is 5.75 Å². The number of rotatable bonds is 4. The Morgan fingerprint density at radius 1 is 1.25 bits per heavy atom. The Kier molecular flexibility index (Phi) is 4.49. The summed E-state index contributed by atoms with van der Waals surface area (Å²) >= 11 is 6.10. The summed E-state index contributed by atoms with van der Waals surface area (Å²) in [7, 11) is 1.63. The second-order valence-corrected chi connectivity index (χ2v) is 4.82. The molecular formula is C16H15ClN2O. The van der Waals surface area contributed by atoms with E-state index in [2.05, 4.69) is 11.4 Å². The molecule has 2 aromatic rings. The van der Waals surface area contributed by atoms with Crippen LogP contribution >= 0.6 is 11.6 Å². The van der Waals surface area contributed by atoms with E-state index in [9.17, 15) is 5.26 Å². The molecule has 2 aromatic carbocycles. The van der Waals surface area contributed by atoms with Crippen molar-refractivity contribution >= 4 is 17.3 Å². The molecule has 2 rings (SSSR count). The number of benzene rings is 2. The Hall–Kier alpha value is -2.18. The lowest BCUT2D eigenvalue weighted by Crippen LogP contribution is -2.09. The molecule has 1 unspecified atom stereocenters. The van der Waals surface area contributed by atoms with Crippen molar-refractivity contribution < 1.29 is 4.74 Å². The molecule has 20 heavy (non-hydrogen) atoms. The first-order chi connectivity index (χ1) is 9.65. The molecule has 102 valence electrons. The molecule has 4 heteroatoms. The fourth-order valence-electron chi connectivity index (χ4n) is 2.01. The minimum absolute atomic E-state index is 0.459. The van der Waals surface area contributed by atoms with Crippen LogP contribution in [0.1, 0.15) is 17.2 Å². The number of anilines is 1. The second kappa shape index (κ2) is 6.31. The third-order valence-corrected chi connectivity index (χ3v) is 3.38. The number of hydrogen-bond donors (Lipinski definition) is 1. The van der Waals surface area contributed by atoms with Gasteiger partial charge in [0.1, 0.15) is 11.8 Å². The van der Waals surface area contributed by atoms with E-state index < -0.39 is 6.04 Å². The number of para-hydroxylation sites is 1. The molecule has 0 aliphatic rings. The van der Waals surface area contributed by atoms with Gasteiger partial charge in [-0.2, -0.15) is 5.26 Å². The highest BCUT2D eigenvalue weighted by Crippen LogP contribution is 2.28. The lowest BCUT2D eigenvalue weighted by molar-refractivity contribution is 0.411. The third kappa shape index (κ3) is 3.04. The van der Waals surface area contributed by atoms with Crippen molar-refractivity contribution in [3.8, 4) is 11.8 Å². The summed E-state index contributed by atoms with van der Waals surface area (Å²) in [5.41, 5.74) is 2.62. The van der Waals surface area contributed by atoms with E-state index in [1.807, 2.05) is 43.3 Å². The normalized spacial score (nSPS) is 11.5. The quantitative estimate of drug-likeness (QED) is 0.909. The molecule has 1 N–H and O–H groups in total. The Bertz CT molecular complexity index is 649. The zero-order valence-corrected chi connectivity index (χ0v) is 12.1. The fraction of sp³-hybridized carbons (Fsp3) is 0.188. The molecule has 0 fully saturated rings. The lowest BCUT2D eigenvalue weighted by Gasteiger charge is -2.16. The van der Waals surface area contributed by atoms with Crippen molar-refractivity contribution in [1.82, 2.24) is 0 Å². The number of nitrogens with one attached hydrogen (secondary N) is 1. The maximum absolute atomic E-state index is 9.36. The van der Waals surface area contributed by atoms with Crippen LogP contribution in [0.3, 0.4) is 0 Å². The van der Waals surface area contributed by atoms with Gasteiger partial charge in [0, 0.05) is 0 Å². The Balaban J connectivity index is 2.27. The first-order valence-corrected chi connectivity index (χ1v) is 6.58.